The molecule has 20 heavy (non-hydrogen) atoms. The van der Waals surface area contributed by atoms with Gasteiger partial charge in [0.1, 0.15) is 5.75 Å². The first-order chi connectivity index (χ1) is 9.63. The fourth-order valence-electron chi connectivity index (χ4n) is 2.05. The average Bonchev–Trinajstić information content (AvgIpc) is 2.45. The van der Waals surface area contributed by atoms with Crippen LogP contribution in [0.2, 0.25) is 0 Å². The van der Waals surface area contributed by atoms with Crippen molar-refractivity contribution in [2.45, 2.75) is 12.8 Å². The molecule has 0 aliphatic heterocycles. The second-order valence-electron chi connectivity index (χ2n) is 4.48. The first kappa shape index (κ1) is 14.7. The van der Waals surface area contributed by atoms with E-state index < -0.39 is 0 Å². The number of hydrogen-bond donors (Lipinski definition) is 1. The Morgan fingerprint density at radius 2 is 1.45 bits per heavy atom. The molecule has 0 atom stereocenters. The topological polar surface area (TPSA) is 38.7 Å². The van der Waals surface area contributed by atoms with E-state index in [2.05, 4.69) is 22.0 Å². The summed E-state index contributed by atoms with van der Waals surface area (Å²) in [6.45, 7) is 0. The largest absolute Gasteiger partial charge is 0.504 e. The minimum Gasteiger partial charge on any atom is -0.504 e. The summed E-state index contributed by atoms with van der Waals surface area (Å²) in [6, 6.07) is 11.6. The number of methoxy groups -OCH3 is 2. The van der Waals surface area contributed by atoms with Crippen LogP contribution >= 0.6 is 15.9 Å². The smallest absolute Gasteiger partial charge is 0.160 e. The van der Waals surface area contributed by atoms with Gasteiger partial charge in [0.15, 0.2) is 11.5 Å². The predicted molar refractivity (Wildman–Crippen MR) is 82.8 cm³/mol. The third kappa shape index (κ3) is 3.45. The first-order valence-electron chi connectivity index (χ1n) is 6.32. The Morgan fingerprint density at radius 1 is 0.900 bits per heavy atom. The highest BCUT2D eigenvalue weighted by Crippen LogP contribution is 2.28. The van der Waals surface area contributed by atoms with E-state index in [0.717, 1.165) is 28.6 Å². The number of benzene rings is 2. The minimum atomic E-state index is 0.181. The highest BCUT2D eigenvalue weighted by atomic mass is 79.9. The third-order valence-electron chi connectivity index (χ3n) is 3.16. The molecule has 0 amide bonds. The van der Waals surface area contributed by atoms with E-state index in [1.165, 1.54) is 5.56 Å². The van der Waals surface area contributed by atoms with Crippen molar-refractivity contribution in [1.82, 2.24) is 0 Å². The van der Waals surface area contributed by atoms with Crippen molar-refractivity contribution in [2.24, 2.45) is 0 Å². The fraction of sp³-hybridized carbons (Fsp3) is 0.250. The standard InChI is InChI=1S/C16H17BrO3/c1-19-15-7-5-11(9-13(15)17)3-4-12-6-8-16(20-2)14(18)10-12/h5-10,18H,3-4H2,1-2H3. The highest BCUT2D eigenvalue weighted by Gasteiger charge is 2.05. The minimum absolute atomic E-state index is 0.181. The van der Waals surface area contributed by atoms with Gasteiger partial charge in [0.05, 0.1) is 18.7 Å². The number of rotatable bonds is 5. The van der Waals surface area contributed by atoms with Crippen LogP contribution in [0.3, 0.4) is 0 Å². The van der Waals surface area contributed by atoms with Crippen LogP contribution in [-0.2, 0) is 12.8 Å². The molecule has 2 aromatic rings. The van der Waals surface area contributed by atoms with Gasteiger partial charge >= 0.3 is 0 Å². The molecular formula is C16H17BrO3. The molecule has 3 nitrogen and oxygen atoms in total. The van der Waals surface area contributed by atoms with Gasteiger partial charge in [-0.25, -0.2) is 0 Å². The lowest BCUT2D eigenvalue weighted by molar-refractivity contribution is 0.373. The van der Waals surface area contributed by atoms with Gasteiger partial charge in [0.25, 0.3) is 0 Å². The molecule has 0 saturated heterocycles. The molecule has 0 saturated carbocycles. The van der Waals surface area contributed by atoms with Crippen molar-refractivity contribution in [3.63, 3.8) is 0 Å². The molecule has 0 aliphatic rings. The van der Waals surface area contributed by atoms with E-state index in [-0.39, 0.29) is 5.75 Å². The number of aromatic hydroxyl groups is 1. The van der Waals surface area contributed by atoms with Gasteiger partial charge in [-0.1, -0.05) is 12.1 Å². The van der Waals surface area contributed by atoms with Crippen LogP contribution in [0.5, 0.6) is 17.2 Å². The molecule has 0 aromatic heterocycles. The zero-order valence-corrected chi connectivity index (χ0v) is 13.1. The van der Waals surface area contributed by atoms with E-state index in [9.17, 15) is 5.11 Å². The maximum atomic E-state index is 9.75. The van der Waals surface area contributed by atoms with E-state index in [1.54, 1.807) is 26.4 Å². The van der Waals surface area contributed by atoms with Crippen molar-refractivity contribution < 1.29 is 14.6 Å². The van der Waals surface area contributed by atoms with Crippen molar-refractivity contribution in [3.8, 4) is 17.2 Å². The normalized spacial score (nSPS) is 10.3. The molecule has 0 bridgehead atoms. The number of hydrogen-bond acceptors (Lipinski definition) is 3. The molecule has 2 rings (SSSR count). The molecule has 106 valence electrons. The number of phenolic OH excluding ortho intramolecular Hbond substituents is 1. The van der Waals surface area contributed by atoms with Gasteiger partial charge < -0.3 is 14.6 Å². The Balaban J connectivity index is 2.05. The third-order valence-corrected chi connectivity index (χ3v) is 3.78. The van der Waals surface area contributed by atoms with Crippen molar-refractivity contribution in [3.05, 3.63) is 52.0 Å². The second kappa shape index (κ2) is 6.66. The second-order valence-corrected chi connectivity index (χ2v) is 5.33. The van der Waals surface area contributed by atoms with Gasteiger partial charge in [0.2, 0.25) is 0 Å². The van der Waals surface area contributed by atoms with Crippen LogP contribution in [0.25, 0.3) is 0 Å². The van der Waals surface area contributed by atoms with Gasteiger partial charge in [-0.2, -0.15) is 0 Å². The average molecular weight is 337 g/mol. The van der Waals surface area contributed by atoms with E-state index in [4.69, 9.17) is 9.47 Å². The van der Waals surface area contributed by atoms with Gasteiger partial charge in [-0.15, -0.1) is 0 Å². The van der Waals surface area contributed by atoms with Gasteiger partial charge in [0, 0.05) is 0 Å². The Bertz CT molecular complexity index is 543. The van der Waals surface area contributed by atoms with Gasteiger partial charge in [-0.05, 0) is 64.2 Å². The molecular weight excluding hydrogens is 320 g/mol. The van der Waals surface area contributed by atoms with E-state index in [0.29, 0.717) is 5.75 Å². The fourth-order valence-corrected chi connectivity index (χ4v) is 2.63. The molecule has 0 radical (unpaired) electrons. The van der Waals surface area contributed by atoms with Crippen LogP contribution in [0, 0.1) is 0 Å². The lowest BCUT2D eigenvalue weighted by Crippen LogP contribution is -1.93. The summed E-state index contributed by atoms with van der Waals surface area (Å²) < 4.78 is 11.2. The number of aryl methyl sites for hydroxylation is 2. The number of ether oxygens (including phenoxy) is 2. The Hall–Kier alpha value is -1.68. The van der Waals surface area contributed by atoms with Crippen molar-refractivity contribution in [2.75, 3.05) is 14.2 Å². The van der Waals surface area contributed by atoms with Crippen LogP contribution in [0.4, 0.5) is 0 Å². The predicted octanol–water partition coefficient (Wildman–Crippen LogP) is 3.96. The summed E-state index contributed by atoms with van der Waals surface area (Å²) in [5, 5.41) is 9.75. The summed E-state index contributed by atoms with van der Waals surface area (Å²) in [7, 11) is 3.20. The molecule has 1 N–H and O–H groups in total. The summed E-state index contributed by atoms with van der Waals surface area (Å²) in [5.41, 5.74) is 2.29. The number of phenols is 1. The maximum Gasteiger partial charge on any atom is 0.160 e. The summed E-state index contributed by atoms with van der Waals surface area (Å²) in [6.07, 6.45) is 1.75. The maximum absolute atomic E-state index is 9.75. The van der Waals surface area contributed by atoms with Crippen LogP contribution in [0.15, 0.2) is 40.9 Å². The number of halogens is 1. The SMILES string of the molecule is COc1ccc(CCc2ccc(OC)c(Br)c2)cc1O. The lowest BCUT2D eigenvalue weighted by Gasteiger charge is -2.08. The Kier molecular flexibility index (Phi) is 4.90. The molecule has 0 heterocycles. The van der Waals surface area contributed by atoms with Crippen molar-refractivity contribution in [1.29, 1.82) is 0 Å². The molecule has 0 aliphatic carbocycles. The zero-order valence-electron chi connectivity index (χ0n) is 11.5. The summed E-state index contributed by atoms with van der Waals surface area (Å²) >= 11 is 3.48. The quantitative estimate of drug-likeness (QED) is 0.898. The molecule has 0 fully saturated rings. The zero-order chi connectivity index (χ0) is 14.5. The van der Waals surface area contributed by atoms with Gasteiger partial charge in [-0.3, -0.25) is 0 Å². The Morgan fingerprint density at radius 3 is 1.95 bits per heavy atom. The highest BCUT2D eigenvalue weighted by molar-refractivity contribution is 9.10. The monoisotopic (exact) mass is 336 g/mol. The molecule has 4 heteroatoms. The van der Waals surface area contributed by atoms with E-state index >= 15 is 0 Å². The van der Waals surface area contributed by atoms with Crippen LogP contribution < -0.4 is 9.47 Å². The first-order valence-corrected chi connectivity index (χ1v) is 7.11. The molecule has 2 aromatic carbocycles. The summed E-state index contributed by atoms with van der Waals surface area (Å²) in [5.74, 6) is 1.51. The van der Waals surface area contributed by atoms with Crippen molar-refractivity contribution >= 4 is 15.9 Å². The summed E-state index contributed by atoms with van der Waals surface area (Å²) in [4.78, 5) is 0. The molecule has 0 unspecified atom stereocenters. The lowest BCUT2D eigenvalue weighted by atomic mass is 10.0. The van der Waals surface area contributed by atoms with Crippen LogP contribution in [0.1, 0.15) is 11.1 Å². The Labute approximate surface area is 127 Å². The van der Waals surface area contributed by atoms with Crippen LogP contribution in [-0.4, -0.2) is 19.3 Å². The molecule has 0 spiro atoms. The van der Waals surface area contributed by atoms with E-state index in [1.807, 2.05) is 18.2 Å².